The first kappa shape index (κ1) is 13.6. The van der Waals surface area contributed by atoms with Crippen molar-refractivity contribution in [1.82, 2.24) is 15.1 Å². The maximum absolute atomic E-state index is 5.34. The minimum atomic E-state index is 0.792. The molecule has 0 spiro atoms. The van der Waals surface area contributed by atoms with Gasteiger partial charge in [-0.1, -0.05) is 18.2 Å². The molecular weight excluding hydrogens is 238 g/mol. The van der Waals surface area contributed by atoms with E-state index in [0.29, 0.717) is 0 Å². The highest BCUT2D eigenvalue weighted by Crippen LogP contribution is 2.17. The average molecular weight is 259 g/mol. The number of hydrogen-bond donors (Lipinski definition) is 1. The molecule has 1 aromatic heterocycles. The topological polar surface area (TPSA) is 39.1 Å². The van der Waals surface area contributed by atoms with E-state index in [1.807, 2.05) is 29.8 Å². The molecule has 2 aromatic rings. The smallest absolute Gasteiger partial charge is 0.123 e. The van der Waals surface area contributed by atoms with Crippen LogP contribution in [0.1, 0.15) is 23.7 Å². The van der Waals surface area contributed by atoms with Crippen molar-refractivity contribution in [3.63, 3.8) is 0 Å². The number of aromatic nitrogens is 2. The Morgan fingerprint density at radius 1 is 1.21 bits per heavy atom. The molecule has 0 aliphatic heterocycles. The van der Waals surface area contributed by atoms with E-state index in [-0.39, 0.29) is 0 Å². The zero-order valence-corrected chi connectivity index (χ0v) is 11.8. The summed E-state index contributed by atoms with van der Waals surface area (Å²) in [4.78, 5) is 0. The Bertz CT molecular complexity index is 534. The summed E-state index contributed by atoms with van der Waals surface area (Å²) >= 11 is 0. The van der Waals surface area contributed by atoms with Gasteiger partial charge in [0.15, 0.2) is 0 Å². The van der Waals surface area contributed by atoms with Crippen molar-refractivity contribution in [3.05, 3.63) is 47.3 Å². The van der Waals surface area contributed by atoms with Crippen molar-refractivity contribution in [3.8, 4) is 5.75 Å². The van der Waals surface area contributed by atoms with Crippen LogP contribution in [0.25, 0.3) is 0 Å². The minimum absolute atomic E-state index is 0.792. The number of ether oxygens (including phenoxy) is 1. The van der Waals surface area contributed by atoms with E-state index in [1.54, 1.807) is 7.11 Å². The number of aryl methyl sites for hydroxylation is 2. The summed E-state index contributed by atoms with van der Waals surface area (Å²) < 4.78 is 7.30. The standard InChI is InChI=1S/C15H21N3O/c1-4-18-11-14(12(2)17-18)10-16-9-13-7-5-6-8-15(13)19-3/h5-8,11,16H,4,9-10H2,1-3H3. The van der Waals surface area contributed by atoms with Gasteiger partial charge in [0.1, 0.15) is 5.75 Å². The molecule has 0 saturated carbocycles. The van der Waals surface area contributed by atoms with Crippen LogP contribution in [0.5, 0.6) is 5.75 Å². The molecule has 1 aromatic carbocycles. The van der Waals surface area contributed by atoms with Gasteiger partial charge in [0.25, 0.3) is 0 Å². The summed E-state index contributed by atoms with van der Waals surface area (Å²) in [6.07, 6.45) is 2.10. The Morgan fingerprint density at radius 2 is 1.95 bits per heavy atom. The van der Waals surface area contributed by atoms with Gasteiger partial charge in [-0.15, -0.1) is 0 Å². The largest absolute Gasteiger partial charge is 0.496 e. The number of nitrogens with zero attached hydrogens (tertiary/aromatic N) is 2. The van der Waals surface area contributed by atoms with Crippen LogP contribution in [0.2, 0.25) is 0 Å². The summed E-state index contributed by atoms with van der Waals surface area (Å²) in [5.41, 5.74) is 3.51. The van der Waals surface area contributed by atoms with Gasteiger partial charge in [-0.3, -0.25) is 4.68 Å². The average Bonchev–Trinajstić information content (AvgIpc) is 2.80. The second kappa shape index (κ2) is 6.38. The fraction of sp³-hybridized carbons (Fsp3) is 0.400. The van der Waals surface area contributed by atoms with Crippen molar-refractivity contribution in [2.24, 2.45) is 0 Å². The predicted molar refractivity (Wildman–Crippen MR) is 76.2 cm³/mol. The van der Waals surface area contributed by atoms with Crippen LogP contribution >= 0.6 is 0 Å². The molecule has 1 N–H and O–H groups in total. The summed E-state index contributed by atoms with van der Waals surface area (Å²) in [7, 11) is 1.70. The third kappa shape index (κ3) is 3.35. The van der Waals surface area contributed by atoms with E-state index >= 15 is 0 Å². The van der Waals surface area contributed by atoms with Gasteiger partial charge in [-0.2, -0.15) is 5.10 Å². The molecule has 0 aliphatic carbocycles. The second-order valence-corrected chi connectivity index (χ2v) is 4.51. The van der Waals surface area contributed by atoms with Crippen LogP contribution in [0.15, 0.2) is 30.5 Å². The van der Waals surface area contributed by atoms with Gasteiger partial charge in [-0.05, 0) is 19.9 Å². The molecule has 0 radical (unpaired) electrons. The molecule has 0 unspecified atom stereocenters. The first-order valence-electron chi connectivity index (χ1n) is 6.60. The Balaban J connectivity index is 1.94. The number of methoxy groups -OCH3 is 1. The second-order valence-electron chi connectivity index (χ2n) is 4.51. The monoisotopic (exact) mass is 259 g/mol. The fourth-order valence-corrected chi connectivity index (χ4v) is 2.08. The van der Waals surface area contributed by atoms with E-state index < -0.39 is 0 Å². The lowest BCUT2D eigenvalue weighted by Gasteiger charge is -2.09. The zero-order valence-electron chi connectivity index (χ0n) is 11.8. The summed E-state index contributed by atoms with van der Waals surface area (Å²) in [5, 5.41) is 7.88. The Labute approximate surface area is 114 Å². The number of nitrogens with one attached hydrogen (secondary N) is 1. The van der Waals surface area contributed by atoms with E-state index in [2.05, 4.69) is 29.6 Å². The molecule has 0 amide bonds. The van der Waals surface area contributed by atoms with Crippen molar-refractivity contribution in [2.45, 2.75) is 33.5 Å². The Hall–Kier alpha value is -1.81. The van der Waals surface area contributed by atoms with E-state index in [1.165, 1.54) is 11.1 Å². The zero-order chi connectivity index (χ0) is 13.7. The number of rotatable bonds is 6. The van der Waals surface area contributed by atoms with Gasteiger partial charge >= 0.3 is 0 Å². The van der Waals surface area contributed by atoms with E-state index in [0.717, 1.165) is 31.1 Å². The lowest BCUT2D eigenvalue weighted by atomic mass is 10.2. The summed E-state index contributed by atoms with van der Waals surface area (Å²) in [6, 6.07) is 8.07. The predicted octanol–water partition coefficient (Wildman–Crippen LogP) is 2.51. The number of benzene rings is 1. The van der Waals surface area contributed by atoms with Gasteiger partial charge in [0.05, 0.1) is 12.8 Å². The molecule has 0 aliphatic rings. The minimum Gasteiger partial charge on any atom is -0.496 e. The Kier molecular flexibility index (Phi) is 4.58. The third-order valence-electron chi connectivity index (χ3n) is 3.20. The fourth-order valence-electron chi connectivity index (χ4n) is 2.08. The first-order chi connectivity index (χ1) is 9.24. The van der Waals surface area contributed by atoms with Crippen LogP contribution in [0, 0.1) is 6.92 Å². The third-order valence-corrected chi connectivity index (χ3v) is 3.20. The van der Waals surface area contributed by atoms with Crippen molar-refractivity contribution < 1.29 is 4.74 Å². The van der Waals surface area contributed by atoms with Crippen LogP contribution in [0.3, 0.4) is 0 Å². The summed E-state index contributed by atoms with van der Waals surface area (Å²) in [6.45, 7) is 6.67. The molecule has 0 fully saturated rings. The molecule has 1 heterocycles. The van der Waals surface area contributed by atoms with E-state index in [4.69, 9.17) is 4.74 Å². The van der Waals surface area contributed by atoms with Crippen LogP contribution < -0.4 is 10.1 Å². The Morgan fingerprint density at radius 3 is 2.63 bits per heavy atom. The van der Waals surface area contributed by atoms with Crippen LogP contribution in [-0.2, 0) is 19.6 Å². The molecule has 4 heteroatoms. The molecule has 0 saturated heterocycles. The number of para-hydroxylation sites is 1. The van der Waals surface area contributed by atoms with Crippen molar-refractivity contribution in [1.29, 1.82) is 0 Å². The molecule has 102 valence electrons. The van der Waals surface area contributed by atoms with E-state index in [9.17, 15) is 0 Å². The van der Waals surface area contributed by atoms with Gasteiger partial charge < -0.3 is 10.1 Å². The molecule has 0 atom stereocenters. The molecular formula is C15H21N3O. The molecule has 2 rings (SSSR count). The number of hydrogen-bond acceptors (Lipinski definition) is 3. The molecule has 0 bridgehead atoms. The van der Waals surface area contributed by atoms with Gasteiger partial charge in [0, 0.05) is 37.0 Å². The maximum Gasteiger partial charge on any atom is 0.123 e. The molecule has 19 heavy (non-hydrogen) atoms. The normalized spacial score (nSPS) is 10.7. The first-order valence-corrected chi connectivity index (χ1v) is 6.60. The SMILES string of the molecule is CCn1cc(CNCc2ccccc2OC)c(C)n1. The molecule has 4 nitrogen and oxygen atoms in total. The van der Waals surface area contributed by atoms with Crippen LogP contribution in [-0.4, -0.2) is 16.9 Å². The summed E-state index contributed by atoms with van der Waals surface area (Å²) in [5.74, 6) is 0.927. The maximum atomic E-state index is 5.34. The quantitative estimate of drug-likeness (QED) is 0.866. The highest BCUT2D eigenvalue weighted by molar-refractivity contribution is 5.33. The lowest BCUT2D eigenvalue weighted by Crippen LogP contribution is -2.13. The van der Waals surface area contributed by atoms with Crippen molar-refractivity contribution >= 4 is 0 Å². The van der Waals surface area contributed by atoms with Gasteiger partial charge in [-0.25, -0.2) is 0 Å². The van der Waals surface area contributed by atoms with Crippen molar-refractivity contribution in [2.75, 3.05) is 7.11 Å². The van der Waals surface area contributed by atoms with Gasteiger partial charge in [0.2, 0.25) is 0 Å². The lowest BCUT2D eigenvalue weighted by molar-refractivity contribution is 0.407. The highest BCUT2D eigenvalue weighted by atomic mass is 16.5. The van der Waals surface area contributed by atoms with Crippen LogP contribution in [0.4, 0.5) is 0 Å². The highest BCUT2D eigenvalue weighted by Gasteiger charge is 2.05.